The number of hydrogen-bond acceptors (Lipinski definition) is 9. The van der Waals surface area contributed by atoms with Crippen LogP contribution in [0.15, 0.2) is 0 Å². The summed E-state index contributed by atoms with van der Waals surface area (Å²) in [5.74, 6) is -6.09. The van der Waals surface area contributed by atoms with Crippen molar-refractivity contribution in [1.82, 2.24) is 10.6 Å². The zero-order chi connectivity index (χ0) is 23.9. The van der Waals surface area contributed by atoms with Gasteiger partial charge in [-0.2, -0.15) is 29.5 Å². The fourth-order valence-electron chi connectivity index (χ4n) is 2.22. The molecule has 0 heterocycles. The number of amides is 2. The maximum absolute atomic E-state index is 12.5. The largest absolute Gasteiger partial charge is 0.480 e. The maximum atomic E-state index is 12.5. The van der Waals surface area contributed by atoms with Crippen LogP contribution in [0.25, 0.3) is 0 Å². The first-order valence-electron chi connectivity index (χ1n) is 8.66. The van der Waals surface area contributed by atoms with Gasteiger partial charge >= 0.3 is 5.97 Å². The van der Waals surface area contributed by atoms with Crippen molar-refractivity contribution in [3.05, 3.63) is 0 Å². The summed E-state index contributed by atoms with van der Waals surface area (Å²) in [6, 6.07) is -4.35. The van der Waals surface area contributed by atoms with Gasteiger partial charge in [-0.3, -0.25) is 18.7 Å². The summed E-state index contributed by atoms with van der Waals surface area (Å²) in [5.41, 5.74) is 5.69. The second kappa shape index (κ2) is 11.8. The molecule has 16 heteroatoms. The molecule has 0 saturated heterocycles. The molecule has 0 radical (unpaired) electrons. The van der Waals surface area contributed by atoms with Gasteiger partial charge in [0.05, 0.1) is 11.0 Å². The van der Waals surface area contributed by atoms with Crippen molar-refractivity contribution in [3.63, 3.8) is 0 Å². The lowest BCUT2D eigenvalue weighted by atomic mass is 9.97. The van der Waals surface area contributed by atoms with Crippen LogP contribution in [-0.4, -0.2) is 83.7 Å². The van der Waals surface area contributed by atoms with Gasteiger partial charge in [0.2, 0.25) is 11.8 Å². The molecule has 13 nitrogen and oxygen atoms in total. The van der Waals surface area contributed by atoms with Crippen LogP contribution in [0.3, 0.4) is 0 Å². The van der Waals surface area contributed by atoms with Gasteiger partial charge in [0.1, 0.15) is 17.8 Å². The Labute approximate surface area is 180 Å². The number of carbonyl (C=O) groups is 3. The fraction of sp³-hybridized carbons (Fsp3) is 0.786. The first kappa shape index (κ1) is 28.5. The predicted octanol–water partition coefficient (Wildman–Crippen LogP) is -2.12. The van der Waals surface area contributed by atoms with E-state index in [9.17, 15) is 31.2 Å². The highest BCUT2D eigenvalue weighted by Crippen LogP contribution is 2.12. The van der Waals surface area contributed by atoms with E-state index in [1.165, 1.54) is 0 Å². The molecule has 5 atom stereocenters. The molecular weight excluding hydrogens is 466 g/mol. The van der Waals surface area contributed by atoms with Crippen molar-refractivity contribution < 1.29 is 45.4 Å². The number of hydrogen-bond donors (Lipinski definition) is 7. The summed E-state index contributed by atoms with van der Waals surface area (Å²) in [4.78, 5) is 36.0. The van der Waals surface area contributed by atoms with Crippen molar-refractivity contribution in [2.24, 2.45) is 11.7 Å². The van der Waals surface area contributed by atoms with Gasteiger partial charge in [0, 0.05) is 6.04 Å². The zero-order valence-corrected chi connectivity index (χ0v) is 18.8. The molecule has 0 aromatic rings. The standard InChI is InChI=1S/C14H27N3O10S3/c1-3-7(2)10(12(18)16-9(14(20)21)6-30(25,26)27)17-13(19)11(28)8(15)4-5-29(22,23)24/h7-11,28H,3-6,15H2,1-2H3,(H,16,18)(H,17,19)(H,20,21)(H,22,23,24)(H,25,26,27)/t7-,8+,9-,10-,11+/m0/s1. The third kappa shape index (κ3) is 11.1. The van der Waals surface area contributed by atoms with Crippen molar-refractivity contribution in [3.8, 4) is 0 Å². The molecule has 176 valence electrons. The molecule has 30 heavy (non-hydrogen) atoms. The maximum Gasteiger partial charge on any atom is 0.327 e. The number of rotatable bonds is 13. The topological polar surface area (TPSA) is 230 Å². The van der Waals surface area contributed by atoms with Gasteiger partial charge < -0.3 is 21.5 Å². The van der Waals surface area contributed by atoms with Crippen LogP contribution in [0.5, 0.6) is 0 Å². The first-order valence-corrected chi connectivity index (χ1v) is 12.4. The summed E-state index contributed by atoms with van der Waals surface area (Å²) in [6.07, 6.45) is 0.0660. The molecule has 7 N–H and O–H groups in total. The molecule has 0 aliphatic rings. The van der Waals surface area contributed by atoms with E-state index in [-0.39, 0.29) is 6.42 Å². The lowest BCUT2D eigenvalue weighted by molar-refractivity contribution is -0.141. The van der Waals surface area contributed by atoms with Crippen LogP contribution in [0.2, 0.25) is 0 Å². The van der Waals surface area contributed by atoms with E-state index in [4.69, 9.17) is 19.9 Å². The number of carboxylic acids is 1. The van der Waals surface area contributed by atoms with Crippen molar-refractivity contribution in [1.29, 1.82) is 0 Å². The molecular formula is C14H27N3O10S3. The average molecular weight is 494 g/mol. The van der Waals surface area contributed by atoms with Gasteiger partial charge in [0.15, 0.2) is 0 Å². The van der Waals surface area contributed by atoms with E-state index in [1.807, 2.05) is 5.32 Å². The molecule has 0 rings (SSSR count). The summed E-state index contributed by atoms with van der Waals surface area (Å²) in [5, 5.41) is 12.1. The summed E-state index contributed by atoms with van der Waals surface area (Å²) < 4.78 is 61.1. The summed E-state index contributed by atoms with van der Waals surface area (Å²) in [7, 11) is -9.02. The van der Waals surface area contributed by atoms with E-state index >= 15 is 0 Å². The molecule has 0 aliphatic carbocycles. The zero-order valence-electron chi connectivity index (χ0n) is 16.3. The Kier molecular flexibility index (Phi) is 11.2. The third-order valence-corrected chi connectivity index (χ3v) is 6.29. The highest BCUT2D eigenvalue weighted by Gasteiger charge is 2.33. The summed E-state index contributed by atoms with van der Waals surface area (Å²) >= 11 is 4.00. The Morgan fingerprint density at radius 2 is 1.57 bits per heavy atom. The second-order valence-corrected chi connectivity index (χ2v) is 10.3. The van der Waals surface area contributed by atoms with Crippen LogP contribution >= 0.6 is 12.6 Å². The monoisotopic (exact) mass is 493 g/mol. The van der Waals surface area contributed by atoms with Gasteiger partial charge in [-0.25, -0.2) is 4.79 Å². The third-order valence-electron chi connectivity index (χ3n) is 4.17. The second-order valence-electron chi connectivity index (χ2n) is 6.70. The van der Waals surface area contributed by atoms with Crippen molar-refractivity contribution in [2.75, 3.05) is 11.5 Å². The Hall–Kier alpha value is -1.46. The number of nitrogens with one attached hydrogen (secondary N) is 2. The number of carbonyl (C=O) groups excluding carboxylic acids is 2. The molecule has 0 bridgehead atoms. The van der Waals surface area contributed by atoms with E-state index in [0.29, 0.717) is 6.42 Å². The Bertz CT molecular complexity index is 830. The SMILES string of the molecule is CC[C@H](C)[C@H](NC(=O)[C@H](S)[C@H](N)CCS(=O)(=O)O)C(=O)N[C@@H](CS(=O)(=O)O)C(=O)O. The normalized spacial score (nSPS) is 17.3. The minimum Gasteiger partial charge on any atom is -0.480 e. The summed E-state index contributed by atoms with van der Waals surface area (Å²) in [6.45, 7) is 3.24. The smallest absolute Gasteiger partial charge is 0.327 e. The van der Waals surface area contributed by atoms with Crippen molar-refractivity contribution in [2.45, 2.75) is 50.1 Å². The molecule has 0 unspecified atom stereocenters. The average Bonchev–Trinajstić information content (AvgIpc) is 2.59. The number of nitrogens with two attached hydrogens (primary N) is 1. The predicted molar refractivity (Wildman–Crippen MR) is 109 cm³/mol. The molecule has 0 aliphatic heterocycles. The molecule has 2 amide bonds. The fourth-order valence-corrected chi connectivity index (χ4v) is 3.67. The van der Waals surface area contributed by atoms with E-state index < -0.39 is 78.8 Å². The Morgan fingerprint density at radius 1 is 1.03 bits per heavy atom. The Morgan fingerprint density at radius 3 is 1.97 bits per heavy atom. The van der Waals surface area contributed by atoms with E-state index in [0.717, 1.165) is 0 Å². The molecule has 0 spiro atoms. The minimum absolute atomic E-state index is 0.296. The van der Waals surface area contributed by atoms with Crippen LogP contribution in [-0.2, 0) is 34.6 Å². The Balaban J connectivity index is 5.33. The highest BCUT2D eigenvalue weighted by atomic mass is 32.2. The molecule has 0 aromatic heterocycles. The van der Waals surface area contributed by atoms with Gasteiger partial charge in [-0.1, -0.05) is 20.3 Å². The van der Waals surface area contributed by atoms with Gasteiger partial charge in [-0.05, 0) is 12.3 Å². The quantitative estimate of drug-likeness (QED) is 0.108. The minimum atomic E-state index is -4.71. The van der Waals surface area contributed by atoms with Gasteiger partial charge in [-0.15, -0.1) is 0 Å². The highest BCUT2D eigenvalue weighted by molar-refractivity contribution is 7.86. The number of carboxylic acid groups (broad SMARTS) is 1. The van der Waals surface area contributed by atoms with E-state index in [2.05, 4.69) is 17.9 Å². The number of aliphatic carboxylic acids is 1. The molecule has 0 fully saturated rings. The number of thiol groups is 1. The van der Waals surface area contributed by atoms with Crippen LogP contribution in [0.1, 0.15) is 26.7 Å². The van der Waals surface area contributed by atoms with Crippen LogP contribution in [0.4, 0.5) is 0 Å². The van der Waals surface area contributed by atoms with E-state index in [1.54, 1.807) is 13.8 Å². The molecule has 0 saturated carbocycles. The lowest BCUT2D eigenvalue weighted by Crippen LogP contribution is -2.57. The van der Waals surface area contributed by atoms with Crippen molar-refractivity contribution >= 4 is 50.6 Å². The van der Waals surface area contributed by atoms with Gasteiger partial charge in [0.25, 0.3) is 20.2 Å². The lowest BCUT2D eigenvalue weighted by Gasteiger charge is -2.27. The van der Waals surface area contributed by atoms with Crippen LogP contribution < -0.4 is 16.4 Å². The first-order chi connectivity index (χ1) is 13.5. The van der Waals surface area contributed by atoms with Crippen LogP contribution in [0, 0.1) is 5.92 Å². The molecule has 0 aromatic carbocycles.